The molecule has 1 amide bonds. The maximum atomic E-state index is 12.5. The van der Waals surface area contributed by atoms with Gasteiger partial charge in [0.05, 0.1) is 17.9 Å². The smallest absolute Gasteiger partial charge is 0.410 e. The monoisotopic (exact) mass is 444 g/mol. The lowest BCUT2D eigenvalue weighted by atomic mass is 10.1. The van der Waals surface area contributed by atoms with Crippen molar-refractivity contribution in [1.29, 1.82) is 0 Å². The minimum Gasteiger partial charge on any atom is -0.445 e. The zero-order valence-electron chi connectivity index (χ0n) is 18.3. The molecule has 0 atom stereocenters. The van der Waals surface area contributed by atoms with Crippen molar-refractivity contribution in [3.63, 3.8) is 0 Å². The van der Waals surface area contributed by atoms with Crippen LogP contribution in [0.15, 0.2) is 61.2 Å². The number of carbonyl (C=O) groups is 1. The van der Waals surface area contributed by atoms with E-state index in [2.05, 4.69) is 20.1 Å². The largest absolute Gasteiger partial charge is 0.445 e. The summed E-state index contributed by atoms with van der Waals surface area (Å²) in [6.07, 6.45) is 6.18. The molecule has 0 bridgehead atoms. The molecule has 1 aliphatic rings. The van der Waals surface area contributed by atoms with Crippen LogP contribution in [0.1, 0.15) is 30.1 Å². The van der Waals surface area contributed by atoms with Gasteiger partial charge in [0.2, 0.25) is 5.88 Å². The molecule has 1 aliphatic heterocycles. The highest BCUT2D eigenvalue weighted by atomic mass is 16.6. The topological polar surface area (TPSA) is 95.3 Å². The van der Waals surface area contributed by atoms with E-state index in [1.54, 1.807) is 17.3 Å². The highest BCUT2D eigenvalue weighted by molar-refractivity contribution is 5.80. The number of nitrogens with zero attached hydrogens (tertiary/aromatic N) is 6. The van der Waals surface area contributed by atoms with Crippen molar-refractivity contribution in [3.8, 4) is 11.6 Å². The Hall–Kier alpha value is -4.01. The normalized spacial score (nSPS) is 14.4. The zero-order chi connectivity index (χ0) is 22.6. The predicted octanol–water partition coefficient (Wildman–Crippen LogP) is 4.30. The molecule has 168 valence electrons. The molecule has 9 nitrogen and oxygen atoms in total. The van der Waals surface area contributed by atoms with Crippen LogP contribution >= 0.6 is 0 Å². The van der Waals surface area contributed by atoms with Crippen LogP contribution in [0.4, 0.5) is 4.79 Å². The van der Waals surface area contributed by atoms with E-state index in [0.29, 0.717) is 30.4 Å². The first kappa shape index (κ1) is 20.9. The quantitative estimate of drug-likeness (QED) is 0.453. The van der Waals surface area contributed by atoms with Crippen molar-refractivity contribution >= 4 is 17.1 Å². The van der Waals surface area contributed by atoms with Crippen molar-refractivity contribution in [2.24, 2.45) is 0 Å². The Balaban J connectivity index is 1.24. The average molecular weight is 444 g/mol. The van der Waals surface area contributed by atoms with Gasteiger partial charge in [0.25, 0.3) is 0 Å². The Kier molecular flexibility index (Phi) is 5.84. The molecule has 0 N–H and O–H groups in total. The van der Waals surface area contributed by atoms with Crippen LogP contribution in [0.5, 0.6) is 11.6 Å². The number of aromatic nitrogens is 5. The Bertz CT molecular complexity index is 1250. The van der Waals surface area contributed by atoms with Crippen molar-refractivity contribution in [2.45, 2.75) is 32.4 Å². The first-order chi connectivity index (χ1) is 16.2. The van der Waals surface area contributed by atoms with Crippen LogP contribution < -0.4 is 4.74 Å². The molecule has 9 heteroatoms. The number of hydrogen-bond acceptors (Lipinski definition) is 7. The van der Waals surface area contributed by atoms with Gasteiger partial charge in [0, 0.05) is 19.3 Å². The van der Waals surface area contributed by atoms with Gasteiger partial charge in [-0.05, 0) is 37.5 Å². The van der Waals surface area contributed by atoms with Gasteiger partial charge in [0.15, 0.2) is 11.4 Å². The van der Waals surface area contributed by atoms with E-state index >= 15 is 0 Å². The first-order valence-corrected chi connectivity index (χ1v) is 10.9. The van der Waals surface area contributed by atoms with Crippen molar-refractivity contribution in [3.05, 3.63) is 72.4 Å². The number of pyridine rings is 1. The summed E-state index contributed by atoms with van der Waals surface area (Å²) < 4.78 is 13.4. The molecule has 0 spiro atoms. The van der Waals surface area contributed by atoms with Crippen LogP contribution in [-0.4, -0.2) is 48.8 Å². The molecule has 4 aromatic rings. The summed E-state index contributed by atoms with van der Waals surface area (Å²) >= 11 is 0. The van der Waals surface area contributed by atoms with E-state index in [4.69, 9.17) is 9.47 Å². The SMILES string of the molecule is Cc1ncccc1Oc1ncnc2c1cnn2C1CCN(C(=O)OCc2ccccc2)CC1. The summed E-state index contributed by atoms with van der Waals surface area (Å²) in [5, 5.41) is 5.31. The molecular formula is C24H24N6O3. The minimum atomic E-state index is -0.285. The van der Waals surface area contributed by atoms with Gasteiger partial charge in [0.1, 0.15) is 18.3 Å². The third kappa shape index (κ3) is 4.48. The molecule has 0 radical (unpaired) electrons. The maximum Gasteiger partial charge on any atom is 0.410 e. The highest BCUT2D eigenvalue weighted by Gasteiger charge is 2.27. The van der Waals surface area contributed by atoms with E-state index in [-0.39, 0.29) is 18.7 Å². The summed E-state index contributed by atoms with van der Waals surface area (Å²) in [5.74, 6) is 1.09. The summed E-state index contributed by atoms with van der Waals surface area (Å²) in [6, 6.07) is 13.5. The molecule has 1 fully saturated rings. The van der Waals surface area contributed by atoms with Gasteiger partial charge in [-0.1, -0.05) is 30.3 Å². The van der Waals surface area contributed by atoms with E-state index in [0.717, 1.165) is 29.5 Å². The average Bonchev–Trinajstić information content (AvgIpc) is 3.30. The number of ether oxygens (including phenoxy) is 2. The molecule has 33 heavy (non-hydrogen) atoms. The second-order valence-electron chi connectivity index (χ2n) is 7.95. The van der Waals surface area contributed by atoms with Crippen LogP contribution in [-0.2, 0) is 11.3 Å². The van der Waals surface area contributed by atoms with Gasteiger partial charge < -0.3 is 14.4 Å². The lowest BCUT2D eigenvalue weighted by Crippen LogP contribution is -2.39. The Morgan fingerprint density at radius 1 is 1.06 bits per heavy atom. The van der Waals surface area contributed by atoms with Gasteiger partial charge >= 0.3 is 6.09 Å². The third-order valence-electron chi connectivity index (χ3n) is 5.79. The molecule has 4 heterocycles. The number of hydrogen-bond donors (Lipinski definition) is 0. The molecule has 5 rings (SSSR count). The van der Waals surface area contributed by atoms with E-state index in [1.807, 2.05) is 54.1 Å². The Morgan fingerprint density at radius 2 is 1.88 bits per heavy atom. The second-order valence-corrected chi connectivity index (χ2v) is 7.95. The summed E-state index contributed by atoms with van der Waals surface area (Å²) in [4.78, 5) is 27.2. The Labute approximate surface area is 191 Å². The fourth-order valence-electron chi connectivity index (χ4n) is 3.97. The number of amides is 1. The third-order valence-corrected chi connectivity index (χ3v) is 5.79. The van der Waals surface area contributed by atoms with Crippen LogP contribution in [0.2, 0.25) is 0 Å². The zero-order valence-corrected chi connectivity index (χ0v) is 18.3. The highest BCUT2D eigenvalue weighted by Crippen LogP contribution is 2.31. The van der Waals surface area contributed by atoms with E-state index in [1.165, 1.54) is 6.33 Å². The van der Waals surface area contributed by atoms with Crippen molar-refractivity contribution in [1.82, 2.24) is 29.6 Å². The number of aryl methyl sites for hydroxylation is 1. The molecule has 1 aromatic carbocycles. The molecular weight excluding hydrogens is 420 g/mol. The maximum absolute atomic E-state index is 12.5. The van der Waals surface area contributed by atoms with Gasteiger partial charge in [-0.15, -0.1) is 0 Å². The number of carbonyl (C=O) groups excluding carboxylic acids is 1. The summed E-state index contributed by atoms with van der Waals surface area (Å²) in [5.41, 5.74) is 2.47. The molecule has 3 aromatic heterocycles. The number of fused-ring (bicyclic) bond motifs is 1. The van der Waals surface area contributed by atoms with Gasteiger partial charge in [-0.2, -0.15) is 5.10 Å². The lowest BCUT2D eigenvalue weighted by molar-refractivity contribution is 0.0824. The second kappa shape index (κ2) is 9.23. The van der Waals surface area contributed by atoms with Crippen LogP contribution in [0.25, 0.3) is 11.0 Å². The van der Waals surface area contributed by atoms with Crippen molar-refractivity contribution in [2.75, 3.05) is 13.1 Å². The van der Waals surface area contributed by atoms with E-state index in [9.17, 15) is 4.79 Å². The number of likely N-dealkylation sites (tertiary alicyclic amines) is 1. The van der Waals surface area contributed by atoms with Crippen LogP contribution in [0.3, 0.4) is 0 Å². The van der Waals surface area contributed by atoms with E-state index < -0.39 is 0 Å². The number of piperidine rings is 1. The van der Waals surface area contributed by atoms with Gasteiger partial charge in [-0.25, -0.2) is 19.4 Å². The summed E-state index contributed by atoms with van der Waals surface area (Å²) in [7, 11) is 0. The first-order valence-electron chi connectivity index (χ1n) is 10.9. The molecule has 0 unspecified atom stereocenters. The predicted molar refractivity (Wildman–Crippen MR) is 121 cm³/mol. The summed E-state index contributed by atoms with van der Waals surface area (Å²) in [6.45, 7) is 3.36. The fourth-order valence-corrected chi connectivity index (χ4v) is 3.97. The molecule has 0 aliphatic carbocycles. The molecule has 1 saturated heterocycles. The lowest BCUT2D eigenvalue weighted by Gasteiger charge is -2.31. The van der Waals surface area contributed by atoms with Crippen molar-refractivity contribution < 1.29 is 14.3 Å². The van der Waals surface area contributed by atoms with Crippen LogP contribution in [0, 0.1) is 6.92 Å². The molecule has 0 saturated carbocycles. The standard InChI is InChI=1S/C24H24N6O3/c1-17-21(8-5-11-25-17)33-23-20-14-28-30(22(20)26-16-27-23)19-9-12-29(13-10-19)24(31)32-15-18-6-3-2-4-7-18/h2-8,11,14,16,19H,9-10,12-13,15H2,1H3. The number of benzene rings is 1. The Morgan fingerprint density at radius 3 is 2.67 bits per heavy atom. The number of rotatable bonds is 5. The minimum absolute atomic E-state index is 0.128. The van der Waals surface area contributed by atoms with Gasteiger partial charge in [-0.3, -0.25) is 4.98 Å². The fraction of sp³-hybridized carbons (Fsp3) is 0.292.